The zero-order valence-corrected chi connectivity index (χ0v) is 10.9. The summed E-state index contributed by atoms with van der Waals surface area (Å²) in [6.45, 7) is 2.14. The van der Waals surface area contributed by atoms with Crippen LogP contribution in [0.1, 0.15) is 12.5 Å². The van der Waals surface area contributed by atoms with Crippen molar-refractivity contribution in [1.29, 1.82) is 0 Å². The molecule has 7 heteroatoms. The van der Waals surface area contributed by atoms with Crippen LogP contribution in [-0.4, -0.2) is 24.5 Å². The van der Waals surface area contributed by atoms with E-state index in [2.05, 4.69) is 5.32 Å². The molecular weight excluding hydrogens is 250 g/mol. The van der Waals surface area contributed by atoms with Crippen molar-refractivity contribution in [3.63, 3.8) is 0 Å². The van der Waals surface area contributed by atoms with E-state index in [9.17, 15) is 14.9 Å². The van der Waals surface area contributed by atoms with E-state index in [-0.39, 0.29) is 18.0 Å². The fourth-order valence-electron chi connectivity index (χ4n) is 1.44. The second-order valence-electron chi connectivity index (χ2n) is 4.20. The minimum absolute atomic E-state index is 0.0154. The standard InChI is InChI=1S/C12H17N3O4/c1-8(12(13)16)7-19-11-4-3-9(6-14-2)5-10(11)15(17)18/h3-5,8,14H,6-7H2,1-2H3,(H2,13,16). The molecule has 0 bridgehead atoms. The van der Waals surface area contributed by atoms with Crippen LogP contribution >= 0.6 is 0 Å². The molecule has 0 saturated carbocycles. The Balaban J connectivity index is 2.87. The van der Waals surface area contributed by atoms with Crippen molar-refractivity contribution in [2.75, 3.05) is 13.7 Å². The van der Waals surface area contributed by atoms with Gasteiger partial charge in [0.2, 0.25) is 5.91 Å². The van der Waals surface area contributed by atoms with E-state index in [1.54, 1.807) is 20.0 Å². The minimum atomic E-state index is -0.510. The third-order valence-corrected chi connectivity index (χ3v) is 2.58. The van der Waals surface area contributed by atoms with Crippen molar-refractivity contribution in [3.05, 3.63) is 33.9 Å². The molecule has 1 unspecified atom stereocenters. The quantitative estimate of drug-likeness (QED) is 0.561. The van der Waals surface area contributed by atoms with Gasteiger partial charge in [0.25, 0.3) is 0 Å². The van der Waals surface area contributed by atoms with E-state index < -0.39 is 16.7 Å². The Morgan fingerprint density at radius 2 is 2.26 bits per heavy atom. The predicted octanol–water partition coefficient (Wildman–Crippen LogP) is 0.814. The Morgan fingerprint density at radius 3 is 2.79 bits per heavy atom. The third-order valence-electron chi connectivity index (χ3n) is 2.58. The minimum Gasteiger partial charge on any atom is -0.486 e. The molecule has 0 aliphatic heterocycles. The first-order valence-electron chi connectivity index (χ1n) is 5.79. The Morgan fingerprint density at radius 1 is 1.58 bits per heavy atom. The summed E-state index contributed by atoms with van der Waals surface area (Å²) in [6, 6.07) is 4.70. The first kappa shape index (κ1) is 14.9. The monoisotopic (exact) mass is 267 g/mol. The highest BCUT2D eigenvalue weighted by atomic mass is 16.6. The molecule has 0 spiro atoms. The van der Waals surface area contributed by atoms with Crippen LogP contribution in [0.5, 0.6) is 5.75 Å². The summed E-state index contributed by atoms with van der Waals surface area (Å²) in [5, 5.41) is 13.9. The molecule has 1 aromatic carbocycles. The van der Waals surface area contributed by atoms with Gasteiger partial charge in [-0.25, -0.2) is 0 Å². The second kappa shape index (κ2) is 6.69. The predicted molar refractivity (Wildman–Crippen MR) is 69.7 cm³/mol. The van der Waals surface area contributed by atoms with Crippen LogP contribution in [0.15, 0.2) is 18.2 Å². The second-order valence-corrected chi connectivity index (χ2v) is 4.20. The number of nitrogens with one attached hydrogen (secondary N) is 1. The molecular formula is C12H17N3O4. The number of nitrogens with zero attached hydrogens (tertiary/aromatic N) is 1. The largest absolute Gasteiger partial charge is 0.486 e. The highest BCUT2D eigenvalue weighted by Crippen LogP contribution is 2.28. The zero-order chi connectivity index (χ0) is 14.4. The Bertz CT molecular complexity index is 476. The van der Waals surface area contributed by atoms with E-state index >= 15 is 0 Å². The van der Waals surface area contributed by atoms with Gasteiger partial charge in [0.15, 0.2) is 5.75 Å². The van der Waals surface area contributed by atoms with Gasteiger partial charge in [0.1, 0.15) is 0 Å². The molecule has 19 heavy (non-hydrogen) atoms. The number of nitro benzene ring substituents is 1. The number of nitro groups is 1. The molecule has 7 nitrogen and oxygen atoms in total. The molecule has 0 saturated heterocycles. The Hall–Kier alpha value is -2.15. The number of carbonyl (C=O) groups is 1. The third kappa shape index (κ3) is 4.22. The van der Waals surface area contributed by atoms with Crippen molar-refractivity contribution in [1.82, 2.24) is 5.32 Å². The number of benzene rings is 1. The van der Waals surface area contributed by atoms with Gasteiger partial charge in [-0.05, 0) is 18.7 Å². The molecule has 0 radical (unpaired) electrons. The maximum absolute atomic E-state index is 11.0. The van der Waals surface area contributed by atoms with E-state index in [1.807, 2.05) is 0 Å². The summed E-state index contributed by atoms with van der Waals surface area (Å²) in [5.41, 5.74) is 5.76. The number of primary amides is 1. The SMILES string of the molecule is CNCc1ccc(OCC(C)C(N)=O)c([N+](=O)[O-])c1. The van der Waals surface area contributed by atoms with E-state index in [0.29, 0.717) is 6.54 Å². The summed E-state index contributed by atoms with van der Waals surface area (Å²) in [5.74, 6) is -0.871. The van der Waals surface area contributed by atoms with Crippen LogP contribution < -0.4 is 15.8 Å². The maximum Gasteiger partial charge on any atom is 0.311 e. The first-order valence-corrected chi connectivity index (χ1v) is 5.79. The fourth-order valence-corrected chi connectivity index (χ4v) is 1.44. The van der Waals surface area contributed by atoms with Gasteiger partial charge in [-0.1, -0.05) is 13.0 Å². The molecule has 0 aliphatic carbocycles. The van der Waals surface area contributed by atoms with Crippen LogP contribution in [0.4, 0.5) is 5.69 Å². The average molecular weight is 267 g/mol. The molecule has 104 valence electrons. The highest BCUT2D eigenvalue weighted by Gasteiger charge is 2.18. The van der Waals surface area contributed by atoms with Crippen LogP contribution in [0.2, 0.25) is 0 Å². The van der Waals surface area contributed by atoms with Gasteiger partial charge in [-0.15, -0.1) is 0 Å². The van der Waals surface area contributed by atoms with Crippen LogP contribution in [-0.2, 0) is 11.3 Å². The topological polar surface area (TPSA) is 107 Å². The highest BCUT2D eigenvalue weighted by molar-refractivity contribution is 5.76. The van der Waals surface area contributed by atoms with E-state index in [0.717, 1.165) is 5.56 Å². The molecule has 0 heterocycles. The lowest BCUT2D eigenvalue weighted by Crippen LogP contribution is -2.25. The van der Waals surface area contributed by atoms with E-state index in [1.165, 1.54) is 12.1 Å². The van der Waals surface area contributed by atoms with Gasteiger partial charge in [-0.2, -0.15) is 0 Å². The number of hydrogen-bond donors (Lipinski definition) is 2. The Kier molecular flexibility index (Phi) is 5.25. The molecule has 1 rings (SSSR count). The lowest BCUT2D eigenvalue weighted by Gasteiger charge is -2.11. The molecule has 1 atom stereocenters. The molecule has 3 N–H and O–H groups in total. The summed E-state index contributed by atoms with van der Waals surface area (Å²) < 4.78 is 5.29. The average Bonchev–Trinajstić information content (AvgIpc) is 2.36. The molecule has 0 aromatic heterocycles. The van der Waals surface area contributed by atoms with Crippen molar-refractivity contribution in [2.45, 2.75) is 13.5 Å². The van der Waals surface area contributed by atoms with Gasteiger partial charge in [0, 0.05) is 12.6 Å². The zero-order valence-electron chi connectivity index (χ0n) is 10.9. The summed E-state index contributed by atoms with van der Waals surface area (Å²) in [6.07, 6.45) is 0. The number of rotatable bonds is 7. The van der Waals surface area contributed by atoms with Gasteiger partial charge in [-0.3, -0.25) is 14.9 Å². The lowest BCUT2D eigenvalue weighted by atomic mass is 10.1. The number of amides is 1. The number of ether oxygens (including phenoxy) is 1. The van der Waals surface area contributed by atoms with Gasteiger partial charge in [0.05, 0.1) is 17.4 Å². The van der Waals surface area contributed by atoms with Gasteiger partial charge < -0.3 is 15.8 Å². The van der Waals surface area contributed by atoms with Crippen LogP contribution in [0.25, 0.3) is 0 Å². The molecule has 0 fully saturated rings. The maximum atomic E-state index is 11.0. The van der Waals surface area contributed by atoms with Gasteiger partial charge >= 0.3 is 5.69 Å². The fraction of sp³-hybridized carbons (Fsp3) is 0.417. The number of hydrogen-bond acceptors (Lipinski definition) is 5. The van der Waals surface area contributed by atoms with Crippen LogP contribution in [0.3, 0.4) is 0 Å². The summed E-state index contributed by atoms with van der Waals surface area (Å²) in [7, 11) is 1.75. The van der Waals surface area contributed by atoms with Crippen molar-refractivity contribution in [3.8, 4) is 5.75 Å². The van der Waals surface area contributed by atoms with Crippen molar-refractivity contribution < 1.29 is 14.5 Å². The lowest BCUT2D eigenvalue weighted by molar-refractivity contribution is -0.386. The van der Waals surface area contributed by atoms with Crippen molar-refractivity contribution in [2.24, 2.45) is 11.7 Å². The molecule has 1 aromatic rings. The summed E-state index contributed by atoms with van der Waals surface area (Å²) in [4.78, 5) is 21.3. The van der Waals surface area contributed by atoms with Crippen LogP contribution in [0, 0.1) is 16.0 Å². The summed E-state index contributed by atoms with van der Waals surface area (Å²) >= 11 is 0. The van der Waals surface area contributed by atoms with E-state index in [4.69, 9.17) is 10.5 Å². The van der Waals surface area contributed by atoms with Crippen molar-refractivity contribution >= 4 is 11.6 Å². The Labute approximate surface area is 110 Å². The smallest absolute Gasteiger partial charge is 0.311 e. The first-order chi connectivity index (χ1) is 8.95. The number of nitrogens with two attached hydrogens (primary N) is 1. The normalized spacial score (nSPS) is 11.9. The molecule has 0 aliphatic rings. The molecule has 1 amide bonds. The number of carbonyl (C=O) groups excluding carboxylic acids is 1.